The van der Waals surface area contributed by atoms with Gasteiger partial charge in [-0.25, -0.2) is 17.6 Å². The standard InChI is InChI=1S/C45H30F4N4/c46-38-17-11-29(21-40(38)48)26-51-42-7-3-1-5-34(42)36-23-32(15-19-44(36)51)53(31-13-9-28(25-50)10-14-31)33-16-20-45-37(24-33)35-6-2-4-8-43(35)52(45)27-30-12-18-39(47)41(49)22-30/h1-3,5-7,9-24H,4,8,26-27H2. The summed E-state index contributed by atoms with van der Waals surface area (Å²) in [5.74, 6) is -3.48. The van der Waals surface area contributed by atoms with E-state index in [1.54, 1.807) is 24.3 Å². The maximum absolute atomic E-state index is 14.2. The van der Waals surface area contributed by atoms with E-state index in [0.29, 0.717) is 29.8 Å². The van der Waals surface area contributed by atoms with Crippen LogP contribution in [0.15, 0.2) is 127 Å². The monoisotopic (exact) mass is 702 g/mol. The Bertz CT molecular complexity index is 2800. The van der Waals surface area contributed by atoms with Crippen LogP contribution < -0.4 is 4.90 Å². The van der Waals surface area contributed by atoms with Crippen LogP contribution in [0.3, 0.4) is 0 Å². The minimum atomic E-state index is -0.878. The molecular formula is C45H30F4N4. The van der Waals surface area contributed by atoms with E-state index in [4.69, 9.17) is 0 Å². The van der Waals surface area contributed by atoms with Crippen LogP contribution in [0.5, 0.6) is 0 Å². The van der Waals surface area contributed by atoms with E-state index in [1.165, 1.54) is 18.2 Å². The maximum Gasteiger partial charge on any atom is 0.159 e. The van der Waals surface area contributed by atoms with Crippen molar-refractivity contribution in [1.29, 1.82) is 5.26 Å². The first kappa shape index (κ1) is 32.3. The Kier molecular flexibility index (Phi) is 7.85. The second-order valence-corrected chi connectivity index (χ2v) is 13.4. The van der Waals surface area contributed by atoms with E-state index in [9.17, 15) is 22.8 Å². The number of hydrogen-bond acceptors (Lipinski definition) is 2. The van der Waals surface area contributed by atoms with Crippen LogP contribution in [0.1, 0.15) is 34.4 Å². The molecular weight excluding hydrogens is 673 g/mol. The van der Waals surface area contributed by atoms with Crippen LogP contribution in [0, 0.1) is 34.6 Å². The van der Waals surface area contributed by atoms with Crippen molar-refractivity contribution in [2.45, 2.75) is 25.9 Å². The van der Waals surface area contributed by atoms with E-state index in [-0.39, 0.29) is 0 Å². The topological polar surface area (TPSA) is 36.9 Å². The minimum Gasteiger partial charge on any atom is -0.340 e. The average Bonchev–Trinajstić information content (AvgIpc) is 3.66. The number of para-hydroxylation sites is 1. The maximum atomic E-state index is 14.2. The molecule has 0 radical (unpaired) electrons. The zero-order chi connectivity index (χ0) is 36.2. The highest BCUT2D eigenvalue weighted by molar-refractivity contribution is 6.09. The third-order valence-corrected chi connectivity index (χ3v) is 10.2. The van der Waals surface area contributed by atoms with E-state index < -0.39 is 23.3 Å². The predicted octanol–water partition coefficient (Wildman–Crippen LogP) is 11.7. The van der Waals surface area contributed by atoms with Crippen LogP contribution in [-0.2, 0) is 19.5 Å². The molecule has 0 unspecified atom stereocenters. The summed E-state index contributed by atoms with van der Waals surface area (Å²) in [4.78, 5) is 2.16. The van der Waals surface area contributed by atoms with Gasteiger partial charge in [-0.3, -0.25) is 0 Å². The summed E-state index contributed by atoms with van der Waals surface area (Å²) in [7, 11) is 0. The first-order valence-electron chi connectivity index (χ1n) is 17.4. The first-order valence-corrected chi connectivity index (χ1v) is 17.4. The fourth-order valence-corrected chi connectivity index (χ4v) is 7.74. The van der Waals surface area contributed by atoms with E-state index in [0.717, 1.165) is 79.9 Å². The molecule has 0 saturated carbocycles. The molecule has 9 rings (SSSR count). The summed E-state index contributed by atoms with van der Waals surface area (Å²) < 4.78 is 60.3. The molecule has 0 aliphatic heterocycles. The van der Waals surface area contributed by atoms with Crippen molar-refractivity contribution in [3.8, 4) is 6.07 Å². The Morgan fingerprint density at radius 1 is 0.566 bits per heavy atom. The average molecular weight is 703 g/mol. The van der Waals surface area contributed by atoms with Gasteiger partial charge in [0.1, 0.15) is 0 Å². The number of anilines is 3. The number of benzene rings is 6. The van der Waals surface area contributed by atoms with Gasteiger partial charge >= 0.3 is 0 Å². The molecule has 0 spiro atoms. The highest BCUT2D eigenvalue weighted by Crippen LogP contribution is 2.42. The van der Waals surface area contributed by atoms with Gasteiger partial charge in [-0.05, 0) is 115 Å². The second kappa shape index (κ2) is 12.9. The van der Waals surface area contributed by atoms with Gasteiger partial charge in [0.2, 0.25) is 0 Å². The van der Waals surface area contributed by atoms with Gasteiger partial charge in [-0.15, -0.1) is 0 Å². The molecule has 0 saturated heterocycles. The molecule has 6 aromatic carbocycles. The molecule has 0 atom stereocenters. The Balaban J connectivity index is 1.20. The van der Waals surface area contributed by atoms with E-state index >= 15 is 0 Å². The number of allylic oxidation sites excluding steroid dienone is 1. The molecule has 0 bridgehead atoms. The van der Waals surface area contributed by atoms with Gasteiger partial charge in [0.05, 0.1) is 11.6 Å². The number of halogens is 4. The van der Waals surface area contributed by atoms with Gasteiger partial charge in [0, 0.05) is 74.1 Å². The molecule has 53 heavy (non-hydrogen) atoms. The summed E-state index contributed by atoms with van der Waals surface area (Å²) in [5, 5.41) is 12.6. The van der Waals surface area contributed by atoms with Crippen molar-refractivity contribution in [3.63, 3.8) is 0 Å². The second-order valence-electron chi connectivity index (χ2n) is 13.4. The molecule has 2 heterocycles. The van der Waals surface area contributed by atoms with Gasteiger partial charge in [-0.2, -0.15) is 5.26 Å². The largest absolute Gasteiger partial charge is 0.340 e. The quantitative estimate of drug-likeness (QED) is 0.155. The van der Waals surface area contributed by atoms with Gasteiger partial charge in [0.15, 0.2) is 23.3 Å². The molecule has 8 heteroatoms. The Morgan fingerprint density at radius 2 is 1.15 bits per heavy atom. The SMILES string of the molecule is N#Cc1ccc(N(c2ccc3c(c2)c2c(n3Cc3ccc(F)c(F)c3)CCC=C2)c2ccc3c(c2)c2ccccc2n3Cc2ccc(F)c(F)c2)cc1. The number of hydrogen-bond donors (Lipinski definition) is 0. The van der Waals surface area contributed by atoms with E-state index in [2.05, 4.69) is 74.7 Å². The Labute approximate surface area is 302 Å². The summed E-state index contributed by atoms with van der Waals surface area (Å²) >= 11 is 0. The first-order chi connectivity index (χ1) is 25.9. The molecule has 0 N–H and O–H groups in total. The molecule has 0 fully saturated rings. The number of rotatable bonds is 7. The van der Waals surface area contributed by atoms with Gasteiger partial charge < -0.3 is 14.0 Å². The van der Waals surface area contributed by atoms with Crippen LogP contribution >= 0.6 is 0 Å². The van der Waals surface area contributed by atoms with Gasteiger partial charge in [0.25, 0.3) is 0 Å². The van der Waals surface area contributed by atoms with Crippen molar-refractivity contribution in [3.05, 3.63) is 179 Å². The molecule has 4 nitrogen and oxygen atoms in total. The summed E-state index contributed by atoms with van der Waals surface area (Å²) in [6.07, 6.45) is 6.02. The molecule has 1 aliphatic carbocycles. The summed E-state index contributed by atoms with van der Waals surface area (Å²) in [6, 6.07) is 38.4. The Hall–Kier alpha value is -6.59. The lowest BCUT2D eigenvalue weighted by atomic mass is 10.0. The lowest BCUT2D eigenvalue weighted by molar-refractivity contribution is 0.506. The third kappa shape index (κ3) is 5.62. The summed E-state index contributed by atoms with van der Waals surface area (Å²) in [6.45, 7) is 0.762. The van der Waals surface area contributed by atoms with Crippen molar-refractivity contribution in [1.82, 2.24) is 9.13 Å². The van der Waals surface area contributed by atoms with Crippen LogP contribution in [0.4, 0.5) is 34.6 Å². The zero-order valence-electron chi connectivity index (χ0n) is 28.3. The highest BCUT2D eigenvalue weighted by Gasteiger charge is 2.22. The smallest absolute Gasteiger partial charge is 0.159 e. The van der Waals surface area contributed by atoms with Crippen LogP contribution in [-0.4, -0.2) is 9.13 Å². The number of nitriles is 1. The van der Waals surface area contributed by atoms with Crippen molar-refractivity contribution in [2.75, 3.05) is 4.90 Å². The number of aromatic nitrogens is 2. The Morgan fingerprint density at radius 3 is 1.81 bits per heavy atom. The van der Waals surface area contributed by atoms with Crippen molar-refractivity contribution >= 4 is 55.8 Å². The minimum absolute atomic E-state index is 0.358. The predicted molar refractivity (Wildman–Crippen MR) is 203 cm³/mol. The van der Waals surface area contributed by atoms with Crippen LogP contribution in [0.25, 0.3) is 38.8 Å². The van der Waals surface area contributed by atoms with Gasteiger partial charge in [-0.1, -0.05) is 42.5 Å². The van der Waals surface area contributed by atoms with E-state index in [1.807, 2.05) is 30.3 Å². The normalized spacial score (nSPS) is 12.4. The molecule has 2 aromatic heterocycles. The lowest BCUT2D eigenvalue weighted by Gasteiger charge is -2.26. The third-order valence-electron chi connectivity index (χ3n) is 10.2. The fourth-order valence-electron chi connectivity index (χ4n) is 7.74. The highest BCUT2D eigenvalue weighted by atomic mass is 19.2. The molecule has 8 aromatic rings. The summed E-state index contributed by atoms with van der Waals surface area (Å²) in [5.41, 5.74) is 9.69. The lowest BCUT2D eigenvalue weighted by Crippen LogP contribution is -2.10. The van der Waals surface area contributed by atoms with Crippen molar-refractivity contribution in [2.24, 2.45) is 0 Å². The van der Waals surface area contributed by atoms with Crippen molar-refractivity contribution < 1.29 is 17.6 Å². The number of fused-ring (bicyclic) bond motifs is 6. The molecule has 258 valence electrons. The molecule has 0 amide bonds. The molecule has 1 aliphatic rings. The zero-order valence-corrected chi connectivity index (χ0v) is 28.3. The van der Waals surface area contributed by atoms with Crippen LogP contribution in [0.2, 0.25) is 0 Å². The number of nitrogens with zero attached hydrogens (tertiary/aromatic N) is 4. The fraction of sp³-hybridized carbons (Fsp3) is 0.0889.